The van der Waals surface area contributed by atoms with Gasteiger partial charge < -0.3 is 4.90 Å². The summed E-state index contributed by atoms with van der Waals surface area (Å²) in [5.41, 5.74) is 12.8. The van der Waals surface area contributed by atoms with E-state index in [-0.39, 0.29) is 29.7 Å². The fourth-order valence-corrected chi connectivity index (χ4v) is 8.52. The Morgan fingerprint density at radius 1 is 0.370 bits per heavy atom. The Hall–Kier alpha value is -6.96. The molecule has 0 fully saturated rings. The van der Waals surface area contributed by atoms with Gasteiger partial charge in [0.25, 0.3) is 0 Å². The third-order valence-electron chi connectivity index (χ3n) is 10.8. The number of para-hydroxylation sites is 1. The molecule has 1 heteroatoms. The van der Waals surface area contributed by atoms with Crippen LogP contribution < -0.4 is 4.90 Å². The van der Waals surface area contributed by atoms with E-state index in [1.165, 1.54) is 33.4 Å². The van der Waals surface area contributed by atoms with Crippen molar-refractivity contribution < 1.29 is 6.85 Å². The Balaban J connectivity index is 1.14. The third kappa shape index (κ3) is 5.09. The van der Waals surface area contributed by atoms with Crippen LogP contribution in [-0.4, -0.2) is 0 Å². The summed E-state index contributed by atoms with van der Waals surface area (Å²) in [4.78, 5) is 2.22. The summed E-state index contributed by atoms with van der Waals surface area (Å²) in [6.07, 6.45) is 0. The maximum atomic E-state index is 8.56. The molecule has 0 saturated heterocycles. The van der Waals surface area contributed by atoms with Gasteiger partial charge >= 0.3 is 0 Å². The molecule has 9 aromatic carbocycles. The molecule has 9 aromatic rings. The van der Waals surface area contributed by atoms with Crippen molar-refractivity contribution >= 4 is 27.8 Å². The number of hydrogen-bond acceptors (Lipinski definition) is 1. The highest BCUT2D eigenvalue weighted by atomic mass is 15.1. The van der Waals surface area contributed by atoms with E-state index in [1.54, 1.807) is 0 Å². The molecule has 0 heterocycles. The second-order valence-electron chi connectivity index (χ2n) is 13.7. The molecule has 0 saturated carbocycles. The van der Waals surface area contributed by atoms with Gasteiger partial charge in [0.05, 0.1) is 18.0 Å². The van der Waals surface area contributed by atoms with Crippen LogP contribution in [0.25, 0.3) is 44.2 Å². The molecular formula is C53H37N. The van der Waals surface area contributed by atoms with E-state index >= 15 is 0 Å². The number of rotatable bonds is 7. The van der Waals surface area contributed by atoms with Crippen molar-refractivity contribution in [2.45, 2.75) is 5.41 Å². The second-order valence-corrected chi connectivity index (χ2v) is 13.7. The molecule has 1 aliphatic rings. The zero-order chi connectivity index (χ0) is 40.3. The molecule has 10 rings (SSSR count). The normalized spacial score (nSPS) is 13.9. The van der Waals surface area contributed by atoms with Gasteiger partial charge in [-0.25, -0.2) is 0 Å². The maximum Gasteiger partial charge on any atom is 0.0713 e. The highest BCUT2D eigenvalue weighted by molar-refractivity contribution is 6.06. The first-order valence-electron chi connectivity index (χ1n) is 20.8. The van der Waals surface area contributed by atoms with E-state index in [4.69, 9.17) is 6.85 Å². The number of hydrogen-bond donors (Lipinski definition) is 0. The van der Waals surface area contributed by atoms with E-state index in [2.05, 4.69) is 157 Å². The first kappa shape index (κ1) is 26.8. The fraction of sp³-hybridized carbons (Fsp3) is 0.0189. The van der Waals surface area contributed by atoms with Crippen LogP contribution in [0.2, 0.25) is 0 Å². The molecule has 54 heavy (non-hydrogen) atoms. The van der Waals surface area contributed by atoms with Gasteiger partial charge in [-0.05, 0) is 97.4 Å². The Morgan fingerprint density at radius 2 is 0.907 bits per heavy atom. The number of nitrogens with zero attached hydrogens (tertiary/aromatic N) is 1. The van der Waals surface area contributed by atoms with Gasteiger partial charge in [-0.1, -0.05) is 188 Å². The predicted octanol–water partition coefficient (Wildman–Crippen LogP) is 14.0. The average Bonchev–Trinajstić information content (AvgIpc) is 3.59. The monoisotopic (exact) mass is 692 g/mol. The van der Waals surface area contributed by atoms with E-state index in [9.17, 15) is 0 Å². The van der Waals surface area contributed by atoms with Gasteiger partial charge in [0.2, 0.25) is 0 Å². The topological polar surface area (TPSA) is 3.24 Å². The Morgan fingerprint density at radius 3 is 1.61 bits per heavy atom. The molecule has 0 aliphatic heterocycles. The first-order chi connectivity index (χ1) is 28.9. The van der Waals surface area contributed by atoms with Crippen LogP contribution in [0, 0.1) is 0 Å². The van der Waals surface area contributed by atoms with Gasteiger partial charge in [-0.15, -0.1) is 0 Å². The molecule has 254 valence electrons. The smallest absolute Gasteiger partial charge is 0.0713 e. The minimum atomic E-state index is -0.508. The summed E-state index contributed by atoms with van der Waals surface area (Å²) in [6, 6.07) is 66.8. The van der Waals surface area contributed by atoms with Crippen LogP contribution in [0.1, 0.15) is 29.1 Å². The summed E-state index contributed by atoms with van der Waals surface area (Å²) >= 11 is 0. The van der Waals surface area contributed by atoms with Crippen LogP contribution in [0.4, 0.5) is 17.1 Å². The zero-order valence-electron chi connectivity index (χ0n) is 34.4. The lowest BCUT2D eigenvalue weighted by molar-refractivity contribution is 0.769. The van der Waals surface area contributed by atoms with Gasteiger partial charge in [-0.2, -0.15) is 0 Å². The molecule has 0 bridgehead atoms. The quantitative estimate of drug-likeness (QED) is 0.161. The van der Waals surface area contributed by atoms with Gasteiger partial charge in [0.1, 0.15) is 0 Å². The summed E-state index contributed by atoms with van der Waals surface area (Å²) in [5.74, 6) is 0. The van der Waals surface area contributed by atoms with Crippen LogP contribution in [0.5, 0.6) is 0 Å². The molecule has 0 aromatic heterocycles. The molecular weight excluding hydrogens is 651 g/mol. The van der Waals surface area contributed by atoms with Gasteiger partial charge in [-0.3, -0.25) is 0 Å². The lowest BCUT2D eigenvalue weighted by Gasteiger charge is -2.34. The standard InChI is InChI=1S/C53H37N/c1-5-17-38(18-6-1)39-29-32-44(33-30-39)54(43-23-11-4-12-24-43)52-36-35-45(46-25-13-14-27-49(46)52)40-31-34-48-47-26-15-16-28-50(47)53(51(48)37-40,41-19-7-2-8-20-41)42-21-9-3-10-22-42/h1-37H/i1D,5D,6D,17D,18D. The van der Waals surface area contributed by atoms with Crippen LogP contribution in [-0.2, 0) is 5.41 Å². The van der Waals surface area contributed by atoms with Crippen LogP contribution in [0.15, 0.2) is 224 Å². The molecule has 0 unspecified atom stereocenters. The lowest BCUT2D eigenvalue weighted by Crippen LogP contribution is -2.28. The molecule has 1 aliphatic carbocycles. The number of anilines is 3. The van der Waals surface area contributed by atoms with E-state index in [0.29, 0.717) is 5.56 Å². The van der Waals surface area contributed by atoms with Crippen LogP contribution in [0.3, 0.4) is 0 Å². The Bertz CT molecular complexity index is 2970. The van der Waals surface area contributed by atoms with Gasteiger partial charge in [0, 0.05) is 16.8 Å². The molecule has 0 atom stereocenters. The highest BCUT2D eigenvalue weighted by Gasteiger charge is 2.46. The van der Waals surface area contributed by atoms with Crippen molar-refractivity contribution in [2.24, 2.45) is 0 Å². The average molecular weight is 693 g/mol. The van der Waals surface area contributed by atoms with Crippen molar-refractivity contribution in [3.05, 3.63) is 247 Å². The van der Waals surface area contributed by atoms with E-state index in [0.717, 1.165) is 39.0 Å². The molecule has 1 nitrogen and oxygen atoms in total. The summed E-state index contributed by atoms with van der Waals surface area (Å²) in [6.45, 7) is 0. The maximum absolute atomic E-state index is 8.56. The van der Waals surface area contributed by atoms with Crippen molar-refractivity contribution in [3.63, 3.8) is 0 Å². The van der Waals surface area contributed by atoms with Crippen molar-refractivity contribution in [3.8, 4) is 33.4 Å². The van der Waals surface area contributed by atoms with Crippen molar-refractivity contribution in [1.82, 2.24) is 0 Å². The first-order valence-corrected chi connectivity index (χ1v) is 18.3. The second kappa shape index (κ2) is 13.2. The van der Waals surface area contributed by atoms with Crippen LogP contribution >= 0.6 is 0 Å². The largest absolute Gasteiger partial charge is 0.310 e. The third-order valence-corrected chi connectivity index (χ3v) is 10.8. The number of benzene rings is 9. The lowest BCUT2D eigenvalue weighted by atomic mass is 9.67. The summed E-state index contributed by atoms with van der Waals surface area (Å²) < 4.78 is 41.6. The summed E-state index contributed by atoms with van der Waals surface area (Å²) in [7, 11) is 0. The predicted molar refractivity (Wildman–Crippen MR) is 227 cm³/mol. The summed E-state index contributed by atoms with van der Waals surface area (Å²) in [5, 5.41) is 2.19. The Labute approximate surface area is 324 Å². The number of fused-ring (bicyclic) bond motifs is 4. The van der Waals surface area contributed by atoms with E-state index < -0.39 is 11.5 Å². The van der Waals surface area contributed by atoms with E-state index in [1.807, 2.05) is 42.5 Å². The highest BCUT2D eigenvalue weighted by Crippen LogP contribution is 2.57. The van der Waals surface area contributed by atoms with Crippen molar-refractivity contribution in [1.29, 1.82) is 0 Å². The minimum absolute atomic E-state index is 0.185. The molecule has 0 radical (unpaired) electrons. The SMILES string of the molecule is [2H]c1c([2H])c([2H])c(-c2ccc(N(c3ccccc3)c3ccc(-c4ccc5c(c4)C(c4ccccc4)(c4ccccc4)c4ccccc4-5)c4ccccc34)cc2)c([2H])c1[2H]. The molecule has 0 N–H and O–H groups in total. The molecule has 0 spiro atoms. The van der Waals surface area contributed by atoms with Gasteiger partial charge in [0.15, 0.2) is 0 Å². The fourth-order valence-electron chi connectivity index (χ4n) is 8.52. The minimum Gasteiger partial charge on any atom is -0.310 e. The van der Waals surface area contributed by atoms with Crippen molar-refractivity contribution in [2.75, 3.05) is 4.90 Å². The zero-order valence-corrected chi connectivity index (χ0v) is 29.4. The molecule has 0 amide bonds. The Kier molecular flexibility index (Phi) is 6.55.